The largest absolute Gasteiger partial charge is 0.308 e. The summed E-state index contributed by atoms with van der Waals surface area (Å²) in [4.78, 5) is 47.0. The summed E-state index contributed by atoms with van der Waals surface area (Å²) in [5.41, 5.74) is 14.7. The Morgan fingerprint density at radius 2 is 0.552 bits per heavy atom. The molecule has 13 nitrogen and oxygen atoms in total. The van der Waals surface area contributed by atoms with Crippen molar-refractivity contribution >= 4 is 43.6 Å². The van der Waals surface area contributed by atoms with Crippen LogP contribution in [0.2, 0.25) is 0 Å². The lowest BCUT2D eigenvalue weighted by Crippen LogP contribution is -2.07. The standard InChI is InChI=1S/C83H49N13/c84-50-52-40-42-53(43-41-52)62-35-21-39-72(96-68-37-19-17-34-64(68)66-49-60(45-47-70(66)96)81-90-77(56-26-10-3-11-27-56)87-78(91-81)57-28-12-4-13-29-57)74(62)83-93-79(58-30-14-5-15-31-58)92-82(94-83)73-61(51-85)32-20-38-71(73)95-67-36-18-16-33-63(67)65-48-59(44-46-69(65)95)80-88-75(54-22-6-1-7-23-54)86-76(89-80)55-24-8-2-9-25-55/h1-49H. The average Bonchev–Trinajstić information content (AvgIpc) is 1.54. The molecule has 17 rings (SSSR count). The molecule has 17 aromatic rings. The molecule has 0 atom stereocenters. The molecule has 0 unspecified atom stereocenters. The normalized spacial score (nSPS) is 11.3. The van der Waals surface area contributed by atoms with Crippen molar-refractivity contribution in [1.82, 2.24) is 54.0 Å². The van der Waals surface area contributed by atoms with Gasteiger partial charge in [0.15, 0.2) is 52.4 Å². The Balaban J connectivity index is 0.880. The molecule has 96 heavy (non-hydrogen) atoms. The molecule has 5 heterocycles. The fourth-order valence-electron chi connectivity index (χ4n) is 12.9. The van der Waals surface area contributed by atoms with Gasteiger partial charge in [0.2, 0.25) is 0 Å². The van der Waals surface area contributed by atoms with Crippen LogP contribution in [-0.4, -0.2) is 54.0 Å². The van der Waals surface area contributed by atoms with Crippen LogP contribution in [0.1, 0.15) is 11.1 Å². The van der Waals surface area contributed by atoms with E-state index in [0.29, 0.717) is 74.5 Å². The number of nitriles is 2. The Kier molecular flexibility index (Phi) is 13.9. The van der Waals surface area contributed by atoms with Gasteiger partial charge in [-0.2, -0.15) is 10.5 Å². The molecule has 0 spiro atoms. The van der Waals surface area contributed by atoms with Crippen LogP contribution in [0.25, 0.3) is 169 Å². The Bertz CT molecular complexity index is 5850. The molecular formula is C83H49N13. The minimum atomic E-state index is 0.287. The van der Waals surface area contributed by atoms with Gasteiger partial charge in [0, 0.05) is 60.5 Å². The lowest BCUT2D eigenvalue weighted by Gasteiger charge is -2.19. The van der Waals surface area contributed by atoms with Crippen LogP contribution < -0.4 is 0 Å². The van der Waals surface area contributed by atoms with E-state index in [9.17, 15) is 10.5 Å². The van der Waals surface area contributed by atoms with Gasteiger partial charge in [0.25, 0.3) is 0 Å². The molecule has 5 aromatic heterocycles. The van der Waals surface area contributed by atoms with E-state index in [-0.39, 0.29) is 5.82 Å². The second-order valence-electron chi connectivity index (χ2n) is 23.1. The van der Waals surface area contributed by atoms with Gasteiger partial charge in [0.05, 0.1) is 67.8 Å². The molecule has 0 aliphatic carbocycles. The summed E-state index contributed by atoms with van der Waals surface area (Å²) in [6, 6.07) is 103. The number of hydrogen-bond acceptors (Lipinski definition) is 11. The quantitative estimate of drug-likeness (QED) is 0.114. The second kappa shape index (κ2) is 23.8. The molecule has 0 bridgehead atoms. The van der Waals surface area contributed by atoms with E-state index in [4.69, 9.17) is 44.9 Å². The first kappa shape index (κ1) is 56.2. The van der Waals surface area contributed by atoms with Gasteiger partial charge in [-0.3, -0.25) is 0 Å². The van der Waals surface area contributed by atoms with Crippen molar-refractivity contribution in [3.05, 3.63) is 308 Å². The maximum absolute atomic E-state index is 11.4. The zero-order valence-corrected chi connectivity index (χ0v) is 51.1. The van der Waals surface area contributed by atoms with Crippen molar-refractivity contribution in [1.29, 1.82) is 10.5 Å². The van der Waals surface area contributed by atoms with Gasteiger partial charge in [0.1, 0.15) is 0 Å². The molecule has 0 amide bonds. The zero-order chi connectivity index (χ0) is 64.1. The van der Waals surface area contributed by atoms with Crippen LogP contribution in [0.5, 0.6) is 0 Å². The SMILES string of the molecule is N#Cc1ccc(-c2cccc(-n3c4ccccc4c4cc(-c5nc(-c6ccccc6)nc(-c6ccccc6)n5)ccc43)c2-c2nc(-c3ccccc3)nc(-c3c(C#N)cccc3-n3c4ccccc4c4cc(-c5nc(-c6ccccc6)nc(-c6ccccc6)n5)ccc43)n2)cc1. The molecule has 0 aliphatic heterocycles. The summed E-state index contributed by atoms with van der Waals surface area (Å²) in [7, 11) is 0. The van der Waals surface area contributed by atoms with E-state index >= 15 is 0 Å². The number of benzene rings is 12. The molecule has 0 saturated heterocycles. The molecule has 0 radical (unpaired) electrons. The van der Waals surface area contributed by atoms with Crippen LogP contribution in [0, 0.1) is 22.7 Å². The average molecular weight is 1230 g/mol. The third kappa shape index (κ3) is 10.0. The van der Waals surface area contributed by atoms with Gasteiger partial charge in [-0.05, 0) is 90.0 Å². The molecule has 13 heteroatoms. The van der Waals surface area contributed by atoms with Crippen molar-refractivity contribution < 1.29 is 0 Å². The number of fused-ring (bicyclic) bond motifs is 6. The van der Waals surface area contributed by atoms with Gasteiger partial charge in [-0.15, -0.1) is 0 Å². The number of hydrogen-bond donors (Lipinski definition) is 0. The fraction of sp³-hybridized carbons (Fsp3) is 0. The Hall–Kier alpha value is -13.8. The van der Waals surface area contributed by atoms with Gasteiger partial charge >= 0.3 is 0 Å². The van der Waals surface area contributed by atoms with Crippen LogP contribution in [-0.2, 0) is 0 Å². The summed E-state index contributed by atoms with van der Waals surface area (Å²) in [6.07, 6.45) is 0. The summed E-state index contributed by atoms with van der Waals surface area (Å²) in [5, 5.41) is 25.4. The van der Waals surface area contributed by atoms with Crippen molar-refractivity contribution in [2.75, 3.05) is 0 Å². The molecule has 0 saturated carbocycles. The number of aromatic nitrogens is 11. The number of nitrogens with zero attached hydrogens (tertiary/aromatic N) is 13. The predicted octanol–water partition coefficient (Wildman–Crippen LogP) is 18.8. The Morgan fingerprint density at radius 1 is 0.229 bits per heavy atom. The topological polar surface area (TPSA) is 173 Å². The first-order valence-electron chi connectivity index (χ1n) is 31.3. The highest BCUT2D eigenvalue weighted by Gasteiger charge is 2.27. The van der Waals surface area contributed by atoms with Crippen LogP contribution in [0.4, 0.5) is 0 Å². The first-order valence-corrected chi connectivity index (χ1v) is 31.3. The number of rotatable bonds is 12. The van der Waals surface area contributed by atoms with Crippen molar-refractivity contribution in [3.63, 3.8) is 0 Å². The third-order valence-electron chi connectivity index (χ3n) is 17.4. The summed E-state index contributed by atoms with van der Waals surface area (Å²) in [6.45, 7) is 0. The van der Waals surface area contributed by atoms with Crippen molar-refractivity contribution in [2.24, 2.45) is 0 Å². The highest BCUT2D eigenvalue weighted by molar-refractivity contribution is 6.12. The third-order valence-corrected chi connectivity index (χ3v) is 17.4. The van der Waals surface area contributed by atoms with E-state index in [1.54, 1.807) is 0 Å². The smallest absolute Gasteiger partial charge is 0.167 e. The zero-order valence-electron chi connectivity index (χ0n) is 51.1. The summed E-state index contributed by atoms with van der Waals surface area (Å²) >= 11 is 0. The van der Waals surface area contributed by atoms with E-state index in [1.165, 1.54) is 0 Å². The van der Waals surface area contributed by atoms with E-state index in [1.807, 2.05) is 224 Å². The molecule has 0 N–H and O–H groups in total. The van der Waals surface area contributed by atoms with Crippen LogP contribution in [0.15, 0.2) is 297 Å². The predicted molar refractivity (Wildman–Crippen MR) is 379 cm³/mol. The monoisotopic (exact) mass is 1230 g/mol. The molecule has 12 aromatic carbocycles. The number of para-hydroxylation sites is 2. The van der Waals surface area contributed by atoms with Crippen LogP contribution in [0.3, 0.4) is 0 Å². The van der Waals surface area contributed by atoms with E-state index in [0.717, 1.165) is 99.4 Å². The lowest BCUT2D eigenvalue weighted by molar-refractivity contribution is 1.06. The molecular weight excluding hydrogens is 1180 g/mol. The minimum absolute atomic E-state index is 0.287. The van der Waals surface area contributed by atoms with Gasteiger partial charge in [-0.25, -0.2) is 44.9 Å². The molecule has 446 valence electrons. The lowest BCUT2D eigenvalue weighted by atomic mass is 9.96. The highest BCUT2D eigenvalue weighted by atomic mass is 15.1. The van der Waals surface area contributed by atoms with E-state index < -0.39 is 0 Å². The maximum atomic E-state index is 11.4. The molecule has 0 fully saturated rings. The Labute approximate surface area is 550 Å². The summed E-state index contributed by atoms with van der Waals surface area (Å²) in [5.74, 6) is 4.38. The van der Waals surface area contributed by atoms with Gasteiger partial charge in [-0.1, -0.05) is 218 Å². The first-order chi connectivity index (χ1) is 47.5. The Morgan fingerprint density at radius 3 is 0.958 bits per heavy atom. The van der Waals surface area contributed by atoms with Crippen LogP contribution >= 0.6 is 0 Å². The fourth-order valence-corrected chi connectivity index (χ4v) is 12.9. The minimum Gasteiger partial charge on any atom is -0.308 e. The molecule has 0 aliphatic rings. The second-order valence-corrected chi connectivity index (χ2v) is 23.1. The highest BCUT2D eigenvalue weighted by Crippen LogP contribution is 2.44. The summed E-state index contributed by atoms with van der Waals surface area (Å²) < 4.78 is 4.46. The van der Waals surface area contributed by atoms with E-state index in [2.05, 4.69) is 94.1 Å². The van der Waals surface area contributed by atoms with Crippen molar-refractivity contribution in [2.45, 2.75) is 0 Å². The maximum Gasteiger partial charge on any atom is 0.167 e. The van der Waals surface area contributed by atoms with Crippen molar-refractivity contribution in [3.8, 4) is 137 Å². The van der Waals surface area contributed by atoms with Gasteiger partial charge < -0.3 is 9.13 Å².